The van der Waals surface area contributed by atoms with E-state index in [9.17, 15) is 27.2 Å². The molecule has 0 atom stereocenters. The van der Waals surface area contributed by atoms with Gasteiger partial charge in [0.1, 0.15) is 5.82 Å². The van der Waals surface area contributed by atoms with Gasteiger partial charge in [0.2, 0.25) is 0 Å². The second-order valence-corrected chi connectivity index (χ2v) is 7.02. The Bertz CT molecular complexity index is 975. The van der Waals surface area contributed by atoms with Crippen molar-refractivity contribution < 1.29 is 31.9 Å². The third kappa shape index (κ3) is 5.77. The van der Waals surface area contributed by atoms with Crippen molar-refractivity contribution in [3.63, 3.8) is 0 Å². The van der Waals surface area contributed by atoms with Crippen LogP contribution >= 0.6 is 0 Å². The third-order valence-electron chi connectivity index (χ3n) is 3.31. The Hall–Kier alpha value is -3.47. The Morgan fingerprint density at radius 1 is 1.00 bits per heavy atom. The lowest BCUT2D eigenvalue weighted by molar-refractivity contribution is -0.123. The number of carbonyl (C=O) groups excluding carboxylic acids is 3. The van der Waals surface area contributed by atoms with Gasteiger partial charge in [-0.3, -0.25) is 14.8 Å². The summed E-state index contributed by atoms with van der Waals surface area (Å²) in [6.45, 7) is -0.682. The maximum Gasteiger partial charge on any atom is 0.338 e. The zero-order valence-electron chi connectivity index (χ0n) is 14.6. The first kappa shape index (κ1) is 20.8. The van der Waals surface area contributed by atoms with Gasteiger partial charge in [-0.25, -0.2) is 22.4 Å². The molecule has 148 valence electrons. The highest BCUT2D eigenvalue weighted by Gasteiger charge is 2.16. The molecule has 0 spiro atoms. The minimum atomic E-state index is -3.94. The fourth-order valence-corrected chi connectivity index (χ4v) is 3.00. The van der Waals surface area contributed by atoms with Crippen LogP contribution in [0.2, 0.25) is 0 Å². The van der Waals surface area contributed by atoms with Gasteiger partial charge in [-0.15, -0.1) is 0 Å². The first-order valence-corrected chi connectivity index (χ1v) is 9.27. The second-order valence-electron chi connectivity index (χ2n) is 5.34. The molecule has 0 aliphatic carbocycles. The number of imide groups is 1. The molecule has 0 saturated heterocycles. The van der Waals surface area contributed by atoms with Crippen molar-refractivity contribution in [2.75, 3.05) is 18.4 Å². The summed E-state index contributed by atoms with van der Waals surface area (Å²) in [5, 5.41) is 4.08. The van der Waals surface area contributed by atoms with Crippen LogP contribution in [0.5, 0.6) is 0 Å². The van der Waals surface area contributed by atoms with Crippen molar-refractivity contribution >= 4 is 33.6 Å². The maximum absolute atomic E-state index is 12.9. The van der Waals surface area contributed by atoms with Crippen molar-refractivity contribution in [2.24, 2.45) is 0 Å². The van der Waals surface area contributed by atoms with Crippen LogP contribution in [-0.2, 0) is 19.6 Å². The smallest absolute Gasteiger partial charge is 0.338 e. The van der Waals surface area contributed by atoms with E-state index < -0.39 is 40.4 Å². The normalized spacial score (nSPS) is 10.6. The Kier molecular flexibility index (Phi) is 6.66. The molecule has 0 aliphatic rings. The lowest BCUT2D eigenvalue weighted by Crippen LogP contribution is -2.39. The van der Waals surface area contributed by atoms with E-state index in [1.54, 1.807) is 0 Å². The van der Waals surface area contributed by atoms with Crippen LogP contribution in [0.1, 0.15) is 10.4 Å². The van der Waals surface area contributed by atoms with E-state index in [1.165, 1.54) is 43.4 Å². The molecule has 11 heteroatoms. The van der Waals surface area contributed by atoms with E-state index in [1.807, 2.05) is 5.32 Å². The molecular weight excluding hydrogens is 393 g/mol. The summed E-state index contributed by atoms with van der Waals surface area (Å²) in [6, 6.07) is 8.76. The Morgan fingerprint density at radius 2 is 1.61 bits per heavy atom. The number of hydrogen-bond acceptors (Lipinski definition) is 6. The van der Waals surface area contributed by atoms with Crippen LogP contribution in [0.15, 0.2) is 53.4 Å². The predicted octanol–water partition coefficient (Wildman–Crippen LogP) is 1.24. The average Bonchev–Trinajstić information content (AvgIpc) is 2.67. The Labute approximate surface area is 159 Å². The largest absolute Gasteiger partial charge is 0.452 e. The summed E-state index contributed by atoms with van der Waals surface area (Å²) in [7, 11) is -2.63. The molecule has 2 aromatic rings. The van der Waals surface area contributed by atoms with Crippen molar-refractivity contribution in [3.05, 3.63) is 59.9 Å². The number of hydrogen-bond donors (Lipinski definition) is 3. The van der Waals surface area contributed by atoms with E-state index in [2.05, 4.69) is 10.0 Å². The molecule has 0 fully saturated rings. The number of esters is 1. The van der Waals surface area contributed by atoms with Crippen LogP contribution in [0, 0.1) is 5.82 Å². The summed E-state index contributed by atoms with van der Waals surface area (Å²) < 4.78 is 44.5. The molecular formula is C17H16FN3O6S. The van der Waals surface area contributed by atoms with Crippen LogP contribution in [0.3, 0.4) is 0 Å². The summed E-state index contributed by atoms with van der Waals surface area (Å²) in [5.41, 5.74) is 0.181. The minimum absolute atomic E-state index is 0.00785. The first-order chi connectivity index (χ1) is 13.2. The number of nitrogens with one attached hydrogen (secondary N) is 3. The quantitative estimate of drug-likeness (QED) is 0.616. The van der Waals surface area contributed by atoms with Gasteiger partial charge >= 0.3 is 12.0 Å². The van der Waals surface area contributed by atoms with E-state index >= 15 is 0 Å². The lowest BCUT2D eigenvalue weighted by Gasteiger charge is -2.09. The maximum atomic E-state index is 12.9. The standard InChI is InChI=1S/C17H16FN3O6S/c1-19-17(24)20-15(22)10-27-16(23)11-2-8-14(9-3-11)28(25,26)21-13-6-4-12(18)5-7-13/h2-9,21H,10H2,1H3,(H2,19,20,22,24). The number of rotatable bonds is 6. The molecule has 28 heavy (non-hydrogen) atoms. The summed E-state index contributed by atoms with van der Waals surface area (Å²) >= 11 is 0. The predicted molar refractivity (Wildman–Crippen MR) is 96.5 cm³/mol. The lowest BCUT2D eigenvalue weighted by atomic mass is 10.2. The molecule has 0 unspecified atom stereocenters. The van der Waals surface area contributed by atoms with Gasteiger partial charge in [0.15, 0.2) is 6.61 Å². The van der Waals surface area contributed by atoms with Gasteiger partial charge in [-0.1, -0.05) is 0 Å². The minimum Gasteiger partial charge on any atom is -0.452 e. The molecule has 2 aromatic carbocycles. The number of amides is 3. The van der Waals surface area contributed by atoms with Crippen molar-refractivity contribution in [3.8, 4) is 0 Å². The van der Waals surface area contributed by atoms with Gasteiger partial charge < -0.3 is 10.1 Å². The molecule has 0 saturated carbocycles. The Balaban J connectivity index is 1.99. The van der Waals surface area contributed by atoms with Crippen molar-refractivity contribution in [1.29, 1.82) is 0 Å². The highest BCUT2D eigenvalue weighted by Crippen LogP contribution is 2.17. The zero-order valence-corrected chi connectivity index (χ0v) is 15.4. The van der Waals surface area contributed by atoms with Crippen LogP contribution in [-0.4, -0.2) is 40.0 Å². The Morgan fingerprint density at radius 3 is 2.18 bits per heavy atom. The zero-order chi connectivity index (χ0) is 20.7. The fourth-order valence-electron chi connectivity index (χ4n) is 1.94. The number of benzene rings is 2. The number of sulfonamides is 1. The summed E-state index contributed by atoms with van der Waals surface area (Å²) in [6.07, 6.45) is 0. The van der Waals surface area contributed by atoms with Crippen LogP contribution in [0.25, 0.3) is 0 Å². The molecule has 3 amide bonds. The van der Waals surface area contributed by atoms with E-state index in [-0.39, 0.29) is 16.1 Å². The van der Waals surface area contributed by atoms with E-state index in [0.29, 0.717) is 0 Å². The van der Waals surface area contributed by atoms with Gasteiger partial charge in [0, 0.05) is 12.7 Å². The van der Waals surface area contributed by atoms with Gasteiger partial charge in [0.25, 0.3) is 15.9 Å². The average molecular weight is 409 g/mol. The number of carbonyl (C=O) groups is 3. The highest BCUT2D eigenvalue weighted by atomic mass is 32.2. The molecule has 0 heterocycles. The topological polar surface area (TPSA) is 131 Å². The summed E-state index contributed by atoms with van der Waals surface area (Å²) in [5.74, 6) is -2.20. The highest BCUT2D eigenvalue weighted by molar-refractivity contribution is 7.92. The van der Waals surface area contributed by atoms with Gasteiger partial charge in [-0.2, -0.15) is 0 Å². The molecule has 0 radical (unpaired) electrons. The SMILES string of the molecule is CNC(=O)NC(=O)COC(=O)c1ccc(S(=O)(=O)Nc2ccc(F)cc2)cc1. The fraction of sp³-hybridized carbons (Fsp3) is 0.118. The monoisotopic (exact) mass is 409 g/mol. The number of ether oxygens (including phenoxy) is 1. The molecule has 2 rings (SSSR count). The van der Waals surface area contributed by atoms with Crippen LogP contribution < -0.4 is 15.4 Å². The molecule has 0 aromatic heterocycles. The summed E-state index contributed by atoms with van der Waals surface area (Å²) in [4.78, 5) is 34.1. The van der Waals surface area contributed by atoms with Gasteiger partial charge in [-0.05, 0) is 48.5 Å². The van der Waals surface area contributed by atoms with E-state index in [4.69, 9.17) is 4.74 Å². The molecule has 0 bridgehead atoms. The van der Waals surface area contributed by atoms with Gasteiger partial charge in [0.05, 0.1) is 10.5 Å². The molecule has 0 aliphatic heterocycles. The third-order valence-corrected chi connectivity index (χ3v) is 4.71. The number of urea groups is 1. The van der Waals surface area contributed by atoms with Crippen LogP contribution in [0.4, 0.5) is 14.9 Å². The second kappa shape index (κ2) is 8.95. The van der Waals surface area contributed by atoms with Crippen molar-refractivity contribution in [1.82, 2.24) is 10.6 Å². The number of anilines is 1. The number of halogens is 1. The molecule has 3 N–H and O–H groups in total. The van der Waals surface area contributed by atoms with Crippen molar-refractivity contribution in [2.45, 2.75) is 4.90 Å². The molecule has 9 nitrogen and oxygen atoms in total. The first-order valence-electron chi connectivity index (χ1n) is 7.78. The van der Waals surface area contributed by atoms with E-state index in [0.717, 1.165) is 12.1 Å².